The van der Waals surface area contributed by atoms with Gasteiger partial charge in [-0.05, 0) is 24.6 Å². The number of amides is 1. The first kappa shape index (κ1) is 13.3. The van der Waals surface area contributed by atoms with Crippen molar-refractivity contribution in [2.45, 2.75) is 6.42 Å². The molecule has 1 aromatic rings. The molecule has 15 heavy (non-hydrogen) atoms. The minimum absolute atomic E-state index is 0.119. The van der Waals surface area contributed by atoms with Crippen LogP contribution in [0, 0.1) is 0 Å². The quantitative estimate of drug-likeness (QED) is 0.465. The molecule has 0 saturated heterocycles. The van der Waals surface area contributed by atoms with Gasteiger partial charge < -0.3 is 5.32 Å². The summed E-state index contributed by atoms with van der Waals surface area (Å²) < 4.78 is 1.88. The van der Waals surface area contributed by atoms with Crippen molar-refractivity contribution in [2.24, 2.45) is 0 Å². The van der Waals surface area contributed by atoms with Gasteiger partial charge in [-0.1, -0.05) is 50.1 Å². The maximum Gasteiger partial charge on any atom is 0.252 e. The van der Waals surface area contributed by atoms with Gasteiger partial charge in [-0.25, -0.2) is 0 Å². The standard InChI is InChI=1S/C10H10BrClINO/c11-7-2-3-9(12)8(6-7)10(15)14-5-1-4-13/h2-3,6H,1,4-5H2,(H,14,15). The summed E-state index contributed by atoms with van der Waals surface area (Å²) >= 11 is 11.5. The molecule has 0 aliphatic heterocycles. The van der Waals surface area contributed by atoms with Gasteiger partial charge in [0.15, 0.2) is 0 Å². The van der Waals surface area contributed by atoms with Gasteiger partial charge in [-0.3, -0.25) is 4.79 Å². The molecule has 0 bridgehead atoms. The molecule has 1 N–H and O–H groups in total. The van der Waals surface area contributed by atoms with Crippen LogP contribution in [0.3, 0.4) is 0 Å². The molecule has 0 heterocycles. The SMILES string of the molecule is O=C(NCCCI)c1cc(Br)ccc1Cl. The van der Waals surface area contributed by atoms with Crippen LogP contribution in [0.2, 0.25) is 5.02 Å². The van der Waals surface area contributed by atoms with Gasteiger partial charge in [-0.15, -0.1) is 0 Å². The van der Waals surface area contributed by atoms with Crippen molar-refractivity contribution >= 4 is 56.0 Å². The highest BCUT2D eigenvalue weighted by atomic mass is 127. The van der Waals surface area contributed by atoms with Gasteiger partial charge in [0.25, 0.3) is 5.91 Å². The molecule has 0 unspecified atom stereocenters. The van der Waals surface area contributed by atoms with E-state index in [1.54, 1.807) is 12.1 Å². The topological polar surface area (TPSA) is 29.1 Å². The number of alkyl halides is 1. The Morgan fingerprint density at radius 1 is 1.53 bits per heavy atom. The second-order valence-electron chi connectivity index (χ2n) is 2.92. The molecule has 0 aromatic heterocycles. The van der Waals surface area contributed by atoms with Crippen molar-refractivity contribution in [3.05, 3.63) is 33.3 Å². The molecule has 1 rings (SSSR count). The number of rotatable bonds is 4. The maximum absolute atomic E-state index is 11.7. The highest BCUT2D eigenvalue weighted by molar-refractivity contribution is 14.1. The van der Waals surface area contributed by atoms with Crippen molar-refractivity contribution in [2.75, 3.05) is 11.0 Å². The molecule has 0 atom stereocenters. The van der Waals surface area contributed by atoms with Gasteiger partial charge in [-0.2, -0.15) is 0 Å². The molecule has 1 amide bonds. The molecule has 0 aliphatic carbocycles. The van der Waals surface area contributed by atoms with Crippen LogP contribution in [0.5, 0.6) is 0 Å². The van der Waals surface area contributed by atoms with Gasteiger partial charge in [0.05, 0.1) is 10.6 Å². The lowest BCUT2D eigenvalue weighted by molar-refractivity contribution is 0.0954. The van der Waals surface area contributed by atoms with Crippen LogP contribution in [0.1, 0.15) is 16.8 Å². The Morgan fingerprint density at radius 3 is 2.93 bits per heavy atom. The van der Waals surface area contributed by atoms with Gasteiger partial charge in [0.1, 0.15) is 0 Å². The van der Waals surface area contributed by atoms with E-state index in [0.29, 0.717) is 17.1 Å². The van der Waals surface area contributed by atoms with Crippen LogP contribution in [-0.2, 0) is 0 Å². The van der Waals surface area contributed by atoms with Crippen LogP contribution < -0.4 is 5.32 Å². The lowest BCUT2D eigenvalue weighted by atomic mass is 10.2. The first-order valence-corrected chi connectivity index (χ1v) is 7.14. The van der Waals surface area contributed by atoms with E-state index >= 15 is 0 Å². The smallest absolute Gasteiger partial charge is 0.252 e. The first-order chi connectivity index (χ1) is 7.15. The third-order valence-electron chi connectivity index (χ3n) is 1.77. The first-order valence-electron chi connectivity index (χ1n) is 4.44. The normalized spacial score (nSPS) is 10.1. The summed E-state index contributed by atoms with van der Waals surface area (Å²) in [5.74, 6) is -0.119. The Kier molecular flexibility index (Phi) is 5.92. The minimum atomic E-state index is -0.119. The molecule has 1 aromatic carbocycles. The number of carbonyl (C=O) groups is 1. The lowest BCUT2D eigenvalue weighted by Gasteiger charge is -2.06. The average molecular weight is 402 g/mol. The number of hydrogen-bond donors (Lipinski definition) is 1. The molecule has 0 fully saturated rings. The van der Waals surface area contributed by atoms with Gasteiger partial charge >= 0.3 is 0 Å². The number of nitrogens with one attached hydrogen (secondary N) is 1. The van der Waals surface area contributed by atoms with Crippen molar-refractivity contribution in [1.29, 1.82) is 0 Å². The van der Waals surface area contributed by atoms with E-state index in [4.69, 9.17) is 11.6 Å². The summed E-state index contributed by atoms with van der Waals surface area (Å²) in [4.78, 5) is 11.7. The van der Waals surface area contributed by atoms with E-state index < -0.39 is 0 Å². The Morgan fingerprint density at radius 2 is 2.27 bits per heavy atom. The summed E-state index contributed by atoms with van der Waals surface area (Å²) in [7, 11) is 0. The molecule has 2 nitrogen and oxygen atoms in total. The van der Waals surface area contributed by atoms with Crippen LogP contribution in [0.15, 0.2) is 22.7 Å². The monoisotopic (exact) mass is 401 g/mol. The van der Waals surface area contributed by atoms with Crippen molar-refractivity contribution in [1.82, 2.24) is 5.32 Å². The van der Waals surface area contributed by atoms with Crippen LogP contribution in [0.4, 0.5) is 0 Å². The molecule has 82 valence electrons. The molecular weight excluding hydrogens is 392 g/mol. The molecule has 5 heteroatoms. The fourth-order valence-electron chi connectivity index (χ4n) is 1.04. The largest absolute Gasteiger partial charge is 0.352 e. The maximum atomic E-state index is 11.7. The zero-order chi connectivity index (χ0) is 11.3. The summed E-state index contributed by atoms with van der Waals surface area (Å²) in [5.41, 5.74) is 0.513. The Balaban J connectivity index is 2.68. The fraction of sp³-hybridized carbons (Fsp3) is 0.300. The van der Waals surface area contributed by atoms with Crippen LogP contribution in [0.25, 0.3) is 0 Å². The molecule has 0 aliphatic rings. The molecular formula is C10H10BrClINO. The predicted molar refractivity (Wildman–Crippen MR) is 75.0 cm³/mol. The van der Waals surface area contributed by atoms with E-state index in [-0.39, 0.29) is 5.91 Å². The summed E-state index contributed by atoms with van der Waals surface area (Å²) in [6.07, 6.45) is 0.970. The number of carbonyl (C=O) groups excluding carboxylic acids is 1. The zero-order valence-corrected chi connectivity index (χ0v) is 12.4. The summed E-state index contributed by atoms with van der Waals surface area (Å²) in [6, 6.07) is 5.24. The van der Waals surface area contributed by atoms with E-state index in [0.717, 1.165) is 15.3 Å². The Hall–Kier alpha value is 0.190. The number of halogens is 3. The Labute approximate surface area is 116 Å². The van der Waals surface area contributed by atoms with E-state index in [2.05, 4.69) is 43.8 Å². The van der Waals surface area contributed by atoms with Crippen molar-refractivity contribution < 1.29 is 4.79 Å². The summed E-state index contributed by atoms with van der Waals surface area (Å²) in [5, 5.41) is 3.30. The average Bonchev–Trinajstić information content (AvgIpc) is 2.22. The number of benzene rings is 1. The molecule has 0 radical (unpaired) electrons. The van der Waals surface area contributed by atoms with E-state index in [1.807, 2.05) is 6.07 Å². The second-order valence-corrected chi connectivity index (χ2v) is 5.32. The van der Waals surface area contributed by atoms with Gasteiger partial charge in [0.2, 0.25) is 0 Å². The summed E-state index contributed by atoms with van der Waals surface area (Å²) in [6.45, 7) is 0.685. The predicted octanol–water partition coefficient (Wildman–Crippen LogP) is 3.66. The van der Waals surface area contributed by atoms with Crippen LogP contribution in [-0.4, -0.2) is 16.9 Å². The minimum Gasteiger partial charge on any atom is -0.352 e. The highest BCUT2D eigenvalue weighted by Gasteiger charge is 2.09. The Bertz CT molecular complexity index is 359. The van der Waals surface area contributed by atoms with Crippen LogP contribution >= 0.6 is 50.1 Å². The van der Waals surface area contributed by atoms with E-state index in [1.165, 1.54) is 0 Å². The zero-order valence-electron chi connectivity index (χ0n) is 7.90. The molecule has 0 spiro atoms. The van der Waals surface area contributed by atoms with Gasteiger partial charge in [0, 0.05) is 15.4 Å². The fourth-order valence-corrected chi connectivity index (χ4v) is 1.98. The van der Waals surface area contributed by atoms with Crippen molar-refractivity contribution in [3.8, 4) is 0 Å². The highest BCUT2D eigenvalue weighted by Crippen LogP contribution is 2.20. The lowest BCUT2D eigenvalue weighted by Crippen LogP contribution is -2.24. The van der Waals surface area contributed by atoms with E-state index in [9.17, 15) is 4.79 Å². The number of hydrogen-bond acceptors (Lipinski definition) is 1. The third kappa shape index (κ3) is 4.28. The second kappa shape index (κ2) is 6.70. The third-order valence-corrected chi connectivity index (χ3v) is 3.35. The molecule has 0 saturated carbocycles. The van der Waals surface area contributed by atoms with Crippen molar-refractivity contribution in [3.63, 3.8) is 0 Å².